The van der Waals surface area contributed by atoms with Crippen molar-refractivity contribution in [1.29, 1.82) is 0 Å². The highest BCUT2D eigenvalue weighted by molar-refractivity contribution is 7.98. The molecule has 0 saturated heterocycles. The largest absolute Gasteiger partial charge is 0.342 e. The molecule has 0 saturated carbocycles. The summed E-state index contributed by atoms with van der Waals surface area (Å²) in [5.74, 6) is 1.42. The number of nitrogens with one attached hydrogen (secondary N) is 1. The van der Waals surface area contributed by atoms with Crippen molar-refractivity contribution in [2.24, 2.45) is 7.05 Å². The number of hydrogen-bond acceptors (Lipinski definition) is 4. The van der Waals surface area contributed by atoms with Crippen LogP contribution in [0.4, 0.5) is 0 Å². The van der Waals surface area contributed by atoms with Crippen molar-refractivity contribution in [3.05, 3.63) is 76.8 Å². The van der Waals surface area contributed by atoms with Gasteiger partial charge in [-0.15, -0.1) is 22.0 Å². The van der Waals surface area contributed by atoms with Gasteiger partial charge in [0.25, 0.3) is 5.91 Å². The van der Waals surface area contributed by atoms with E-state index >= 15 is 0 Å². The SMILES string of the molecule is C[C@@H](NC(=O)c1ccc(CSc2ccc(Cl)cc2)cc1)c1nncn1C. The fourth-order valence-corrected chi connectivity index (χ4v) is 3.46. The van der Waals surface area contributed by atoms with Gasteiger partial charge in [0.05, 0.1) is 6.04 Å². The van der Waals surface area contributed by atoms with Gasteiger partial charge < -0.3 is 9.88 Å². The van der Waals surface area contributed by atoms with Crippen molar-refractivity contribution < 1.29 is 4.79 Å². The van der Waals surface area contributed by atoms with E-state index in [0.29, 0.717) is 11.4 Å². The minimum atomic E-state index is -0.213. The zero-order chi connectivity index (χ0) is 18.5. The molecule has 0 bridgehead atoms. The number of benzene rings is 2. The van der Waals surface area contributed by atoms with Crippen LogP contribution in [0.15, 0.2) is 59.8 Å². The van der Waals surface area contributed by atoms with Crippen molar-refractivity contribution in [2.75, 3.05) is 0 Å². The third-order valence-corrected chi connectivity index (χ3v) is 5.25. The van der Waals surface area contributed by atoms with Crippen LogP contribution in [0, 0.1) is 0 Å². The molecule has 26 heavy (non-hydrogen) atoms. The van der Waals surface area contributed by atoms with E-state index in [-0.39, 0.29) is 11.9 Å². The summed E-state index contributed by atoms with van der Waals surface area (Å²) >= 11 is 7.63. The highest BCUT2D eigenvalue weighted by atomic mass is 35.5. The topological polar surface area (TPSA) is 59.8 Å². The highest BCUT2D eigenvalue weighted by Crippen LogP contribution is 2.24. The summed E-state index contributed by atoms with van der Waals surface area (Å²) in [5.41, 5.74) is 1.78. The lowest BCUT2D eigenvalue weighted by atomic mass is 10.1. The average molecular weight is 387 g/mol. The molecule has 5 nitrogen and oxygen atoms in total. The van der Waals surface area contributed by atoms with Gasteiger partial charge in [0.15, 0.2) is 5.82 Å². The van der Waals surface area contributed by atoms with Crippen LogP contribution >= 0.6 is 23.4 Å². The van der Waals surface area contributed by atoms with Crippen molar-refractivity contribution in [2.45, 2.75) is 23.6 Å². The number of carbonyl (C=O) groups excluding carboxylic acids is 1. The summed E-state index contributed by atoms with van der Waals surface area (Å²) < 4.78 is 1.79. The van der Waals surface area contributed by atoms with E-state index < -0.39 is 0 Å². The second-order valence-electron chi connectivity index (χ2n) is 5.93. The lowest BCUT2D eigenvalue weighted by Crippen LogP contribution is -2.28. The summed E-state index contributed by atoms with van der Waals surface area (Å²) in [7, 11) is 1.85. The van der Waals surface area contributed by atoms with Crippen LogP contribution in [-0.2, 0) is 12.8 Å². The van der Waals surface area contributed by atoms with Gasteiger partial charge in [0, 0.05) is 28.3 Å². The average Bonchev–Trinajstić information content (AvgIpc) is 3.08. The fourth-order valence-electron chi connectivity index (χ4n) is 2.48. The molecular formula is C19H19ClN4OS. The third-order valence-electron chi connectivity index (χ3n) is 3.92. The number of hydrogen-bond donors (Lipinski definition) is 1. The zero-order valence-electron chi connectivity index (χ0n) is 14.5. The van der Waals surface area contributed by atoms with E-state index in [2.05, 4.69) is 15.5 Å². The lowest BCUT2D eigenvalue weighted by molar-refractivity contribution is 0.0938. The quantitative estimate of drug-likeness (QED) is 0.643. The minimum Gasteiger partial charge on any atom is -0.342 e. The summed E-state index contributed by atoms with van der Waals surface area (Å²) in [6.07, 6.45) is 1.62. The normalized spacial score (nSPS) is 12.0. The summed E-state index contributed by atoms with van der Waals surface area (Å²) in [5, 5.41) is 11.5. The molecule has 1 heterocycles. The molecule has 1 amide bonds. The van der Waals surface area contributed by atoms with Gasteiger partial charge in [-0.1, -0.05) is 23.7 Å². The van der Waals surface area contributed by atoms with E-state index in [1.165, 1.54) is 0 Å². The number of rotatable bonds is 6. The second-order valence-corrected chi connectivity index (χ2v) is 7.42. The maximum atomic E-state index is 12.4. The van der Waals surface area contributed by atoms with Crippen LogP contribution in [-0.4, -0.2) is 20.7 Å². The highest BCUT2D eigenvalue weighted by Gasteiger charge is 2.15. The van der Waals surface area contributed by atoms with Gasteiger partial charge in [-0.2, -0.15) is 0 Å². The number of amides is 1. The molecule has 134 valence electrons. The van der Waals surface area contributed by atoms with Crippen molar-refractivity contribution in [3.63, 3.8) is 0 Å². The Balaban J connectivity index is 1.57. The van der Waals surface area contributed by atoms with Crippen molar-refractivity contribution >= 4 is 29.3 Å². The van der Waals surface area contributed by atoms with E-state index in [0.717, 1.165) is 21.2 Å². The van der Waals surface area contributed by atoms with Crippen LogP contribution in [0.3, 0.4) is 0 Å². The number of thioether (sulfide) groups is 1. The van der Waals surface area contributed by atoms with Crippen molar-refractivity contribution in [3.8, 4) is 0 Å². The Kier molecular flexibility index (Phi) is 5.96. The van der Waals surface area contributed by atoms with Gasteiger partial charge in [0.2, 0.25) is 0 Å². The number of carbonyl (C=O) groups is 1. The molecule has 1 aromatic heterocycles. The van der Waals surface area contributed by atoms with Crippen LogP contribution in [0.2, 0.25) is 5.02 Å². The van der Waals surface area contributed by atoms with Gasteiger partial charge in [-0.05, 0) is 48.9 Å². The lowest BCUT2D eigenvalue weighted by Gasteiger charge is -2.13. The first-order valence-corrected chi connectivity index (χ1v) is 9.51. The molecule has 0 aliphatic heterocycles. The smallest absolute Gasteiger partial charge is 0.251 e. The molecule has 0 unspecified atom stereocenters. The molecule has 1 N–H and O–H groups in total. The number of halogens is 1. The fraction of sp³-hybridized carbons (Fsp3) is 0.211. The molecule has 1 atom stereocenters. The predicted octanol–water partition coefficient (Wildman–Crippen LogP) is 4.25. The van der Waals surface area contributed by atoms with Crippen LogP contribution in [0.1, 0.15) is 34.7 Å². The van der Waals surface area contributed by atoms with E-state index in [9.17, 15) is 4.79 Å². The monoisotopic (exact) mass is 386 g/mol. The first kappa shape index (κ1) is 18.5. The molecule has 2 aromatic carbocycles. The molecule has 0 spiro atoms. The molecule has 0 aliphatic carbocycles. The molecular weight excluding hydrogens is 368 g/mol. The predicted molar refractivity (Wildman–Crippen MR) is 104 cm³/mol. The Morgan fingerprint density at radius 1 is 1.19 bits per heavy atom. The first-order chi connectivity index (χ1) is 12.5. The summed E-state index contributed by atoms with van der Waals surface area (Å²) in [6, 6.07) is 15.2. The van der Waals surface area contributed by atoms with Crippen LogP contribution in [0.5, 0.6) is 0 Å². The minimum absolute atomic E-state index is 0.127. The Morgan fingerprint density at radius 2 is 1.88 bits per heavy atom. The van der Waals surface area contributed by atoms with Gasteiger partial charge in [-0.3, -0.25) is 4.79 Å². The first-order valence-electron chi connectivity index (χ1n) is 8.15. The third kappa shape index (κ3) is 4.65. The number of aromatic nitrogens is 3. The van der Waals surface area contributed by atoms with Gasteiger partial charge in [0.1, 0.15) is 6.33 Å². The molecule has 3 aromatic rings. The molecule has 0 aliphatic rings. The molecule has 7 heteroatoms. The Bertz CT molecular complexity index is 877. The van der Waals surface area contributed by atoms with Crippen LogP contribution in [0.25, 0.3) is 0 Å². The number of aryl methyl sites for hydroxylation is 1. The summed E-state index contributed by atoms with van der Waals surface area (Å²) in [6.45, 7) is 1.89. The standard InChI is InChI=1S/C19H19ClN4OS/c1-13(18-23-21-12-24(18)2)22-19(25)15-5-3-14(4-6-15)11-26-17-9-7-16(20)8-10-17/h3-10,12-13H,11H2,1-2H3,(H,22,25)/t13-/m1/s1. The second kappa shape index (κ2) is 8.38. The Hall–Kier alpha value is -2.31. The van der Waals surface area contributed by atoms with E-state index in [4.69, 9.17) is 11.6 Å². The molecule has 0 fully saturated rings. The Morgan fingerprint density at radius 3 is 2.50 bits per heavy atom. The Labute approximate surface area is 161 Å². The maximum absolute atomic E-state index is 12.4. The van der Waals surface area contributed by atoms with E-state index in [1.807, 2.05) is 62.5 Å². The summed E-state index contributed by atoms with van der Waals surface area (Å²) in [4.78, 5) is 13.6. The van der Waals surface area contributed by atoms with Gasteiger partial charge in [-0.25, -0.2) is 0 Å². The van der Waals surface area contributed by atoms with Crippen molar-refractivity contribution in [1.82, 2.24) is 20.1 Å². The molecule has 0 radical (unpaired) electrons. The van der Waals surface area contributed by atoms with Crippen LogP contribution < -0.4 is 5.32 Å². The van der Waals surface area contributed by atoms with E-state index in [1.54, 1.807) is 22.7 Å². The molecule has 3 rings (SSSR count). The zero-order valence-corrected chi connectivity index (χ0v) is 16.1. The van der Waals surface area contributed by atoms with Gasteiger partial charge >= 0.3 is 0 Å². The number of nitrogens with zero attached hydrogens (tertiary/aromatic N) is 3. The maximum Gasteiger partial charge on any atom is 0.251 e.